The smallest absolute Gasteiger partial charge is 0.387 e. The van der Waals surface area contributed by atoms with Crippen LogP contribution in [0.3, 0.4) is 0 Å². The second-order valence-corrected chi connectivity index (χ2v) is 6.75. The summed E-state index contributed by atoms with van der Waals surface area (Å²) in [6, 6.07) is 11.4. The zero-order valence-electron chi connectivity index (χ0n) is 15.2. The van der Waals surface area contributed by atoms with Gasteiger partial charge in [-0.25, -0.2) is 4.98 Å². The molecule has 2 aromatic rings. The molecule has 1 aliphatic carbocycles. The summed E-state index contributed by atoms with van der Waals surface area (Å²) in [5.41, 5.74) is 1.28. The van der Waals surface area contributed by atoms with Gasteiger partial charge in [-0.15, -0.1) is 0 Å². The Morgan fingerprint density at radius 1 is 1.18 bits per heavy atom. The van der Waals surface area contributed by atoms with E-state index in [4.69, 9.17) is 10.00 Å². The van der Waals surface area contributed by atoms with Gasteiger partial charge in [0.15, 0.2) is 0 Å². The number of rotatable bonds is 7. The zero-order chi connectivity index (χ0) is 19.9. The topological polar surface area (TPSA) is 72.2 Å². The van der Waals surface area contributed by atoms with Gasteiger partial charge in [0.05, 0.1) is 11.6 Å². The highest BCUT2D eigenvalue weighted by molar-refractivity contribution is 5.83. The first-order valence-corrected chi connectivity index (χ1v) is 9.13. The molecule has 1 aromatic heterocycles. The summed E-state index contributed by atoms with van der Waals surface area (Å²) in [5, 5.41) is 8.93. The Balaban J connectivity index is 1.47. The molecule has 3 rings (SSSR count). The van der Waals surface area contributed by atoms with E-state index in [1.807, 2.05) is 0 Å². The quantitative estimate of drug-likeness (QED) is 0.709. The molecule has 28 heavy (non-hydrogen) atoms. The number of alkyl halides is 2. The summed E-state index contributed by atoms with van der Waals surface area (Å²) >= 11 is 0. The number of ether oxygens (including phenoxy) is 2. The minimum atomic E-state index is -2.86. The molecule has 0 unspecified atom stereocenters. The molecule has 0 N–H and O–H groups in total. The number of pyridine rings is 1. The Morgan fingerprint density at radius 2 is 1.89 bits per heavy atom. The standard InChI is InChI=1S/C21H20F2N2O3/c22-21(23)28-18-5-1-14(2-6-18)11-19(26)16-3-7-17(8-4-16)27-20-12-15(13-24)9-10-25-20/h1-2,5-6,9-10,12,16-17,21H,3-4,7-8,11H2. The van der Waals surface area contributed by atoms with Crippen LogP contribution in [-0.4, -0.2) is 23.5 Å². The lowest BCUT2D eigenvalue weighted by Gasteiger charge is -2.28. The van der Waals surface area contributed by atoms with E-state index in [1.54, 1.807) is 30.5 Å². The Hall–Kier alpha value is -3.01. The summed E-state index contributed by atoms with van der Waals surface area (Å²) in [5.74, 6) is 0.624. The number of hydrogen-bond acceptors (Lipinski definition) is 5. The molecular weight excluding hydrogens is 366 g/mol. The largest absolute Gasteiger partial charge is 0.474 e. The maximum atomic E-state index is 12.5. The van der Waals surface area contributed by atoms with E-state index in [-0.39, 0.29) is 30.0 Å². The summed E-state index contributed by atoms with van der Waals surface area (Å²) in [6.45, 7) is -2.86. The Morgan fingerprint density at radius 3 is 2.54 bits per heavy atom. The first kappa shape index (κ1) is 19.7. The molecular formula is C21H20F2N2O3. The molecule has 1 heterocycles. The number of halogens is 2. The molecule has 0 radical (unpaired) electrons. The minimum absolute atomic E-state index is 0.0173. The van der Waals surface area contributed by atoms with Crippen molar-refractivity contribution in [2.75, 3.05) is 0 Å². The fourth-order valence-corrected chi connectivity index (χ4v) is 3.35. The number of nitrogens with zero attached hydrogens (tertiary/aromatic N) is 2. The van der Waals surface area contributed by atoms with Crippen LogP contribution < -0.4 is 9.47 Å². The van der Waals surface area contributed by atoms with Gasteiger partial charge in [0.2, 0.25) is 5.88 Å². The number of nitriles is 1. The van der Waals surface area contributed by atoms with Crippen LogP contribution in [0.25, 0.3) is 0 Å². The number of aromatic nitrogens is 1. The molecule has 0 amide bonds. The predicted octanol–water partition coefficient (Wildman–Crippen LogP) is 4.30. The minimum Gasteiger partial charge on any atom is -0.474 e. The van der Waals surface area contributed by atoms with E-state index >= 15 is 0 Å². The van der Waals surface area contributed by atoms with Crippen molar-refractivity contribution in [2.24, 2.45) is 5.92 Å². The Labute approximate surface area is 161 Å². The van der Waals surface area contributed by atoms with E-state index in [2.05, 4.69) is 15.8 Å². The molecule has 1 saturated carbocycles. The average molecular weight is 386 g/mol. The fraction of sp³-hybridized carbons (Fsp3) is 0.381. The highest BCUT2D eigenvalue weighted by Crippen LogP contribution is 2.29. The molecule has 1 aromatic carbocycles. The van der Waals surface area contributed by atoms with Crippen molar-refractivity contribution >= 4 is 5.78 Å². The average Bonchev–Trinajstić information content (AvgIpc) is 2.70. The lowest BCUT2D eigenvalue weighted by molar-refractivity contribution is -0.123. The maximum Gasteiger partial charge on any atom is 0.387 e. The van der Waals surface area contributed by atoms with Crippen LogP contribution in [0.5, 0.6) is 11.6 Å². The monoisotopic (exact) mass is 386 g/mol. The molecule has 1 aliphatic rings. The second kappa shape index (κ2) is 9.27. The van der Waals surface area contributed by atoms with Gasteiger partial charge in [0.1, 0.15) is 17.6 Å². The third-order valence-electron chi connectivity index (χ3n) is 4.81. The molecule has 7 heteroatoms. The van der Waals surface area contributed by atoms with Gasteiger partial charge >= 0.3 is 6.61 Å². The van der Waals surface area contributed by atoms with Crippen molar-refractivity contribution in [3.63, 3.8) is 0 Å². The van der Waals surface area contributed by atoms with Crippen molar-refractivity contribution in [1.82, 2.24) is 4.98 Å². The van der Waals surface area contributed by atoms with Crippen molar-refractivity contribution < 1.29 is 23.0 Å². The van der Waals surface area contributed by atoms with Crippen LogP contribution in [0.4, 0.5) is 8.78 Å². The summed E-state index contributed by atoms with van der Waals surface area (Å²) < 4.78 is 34.5. The lowest BCUT2D eigenvalue weighted by Crippen LogP contribution is -2.29. The van der Waals surface area contributed by atoms with Crippen molar-refractivity contribution in [3.8, 4) is 17.7 Å². The molecule has 0 spiro atoms. The zero-order valence-corrected chi connectivity index (χ0v) is 15.2. The van der Waals surface area contributed by atoms with E-state index in [0.29, 0.717) is 11.4 Å². The number of Topliss-reactive ketones (excluding diaryl/α,β-unsaturated/α-hetero) is 1. The maximum absolute atomic E-state index is 12.5. The number of carbonyl (C=O) groups excluding carboxylic acids is 1. The van der Waals surface area contributed by atoms with Crippen LogP contribution in [0, 0.1) is 17.2 Å². The Bertz CT molecular complexity index is 841. The highest BCUT2D eigenvalue weighted by atomic mass is 19.3. The van der Waals surface area contributed by atoms with E-state index in [1.165, 1.54) is 12.1 Å². The predicted molar refractivity (Wildman–Crippen MR) is 97.1 cm³/mol. The summed E-state index contributed by atoms with van der Waals surface area (Å²) in [7, 11) is 0. The van der Waals surface area contributed by atoms with E-state index < -0.39 is 6.61 Å². The van der Waals surface area contributed by atoms with E-state index in [0.717, 1.165) is 31.2 Å². The van der Waals surface area contributed by atoms with Crippen molar-refractivity contribution in [3.05, 3.63) is 53.7 Å². The van der Waals surface area contributed by atoms with Crippen LogP contribution in [0.1, 0.15) is 36.8 Å². The number of carbonyl (C=O) groups is 1. The molecule has 146 valence electrons. The number of ketones is 1. The fourth-order valence-electron chi connectivity index (χ4n) is 3.35. The molecule has 0 saturated heterocycles. The van der Waals surface area contributed by atoms with Crippen LogP contribution >= 0.6 is 0 Å². The van der Waals surface area contributed by atoms with Gasteiger partial charge in [0, 0.05) is 24.6 Å². The first-order valence-electron chi connectivity index (χ1n) is 9.13. The lowest BCUT2D eigenvalue weighted by atomic mass is 9.83. The van der Waals surface area contributed by atoms with Gasteiger partial charge in [-0.2, -0.15) is 14.0 Å². The Kier molecular flexibility index (Phi) is 6.53. The van der Waals surface area contributed by atoms with Gasteiger partial charge in [-0.1, -0.05) is 12.1 Å². The highest BCUT2D eigenvalue weighted by Gasteiger charge is 2.27. The first-order chi connectivity index (χ1) is 13.5. The third-order valence-corrected chi connectivity index (χ3v) is 4.81. The van der Waals surface area contributed by atoms with Crippen LogP contribution in [-0.2, 0) is 11.2 Å². The van der Waals surface area contributed by atoms with Crippen LogP contribution in [0.2, 0.25) is 0 Å². The third kappa shape index (κ3) is 5.49. The van der Waals surface area contributed by atoms with Crippen molar-refractivity contribution in [2.45, 2.75) is 44.8 Å². The molecule has 0 aliphatic heterocycles. The normalized spacial score (nSPS) is 19.1. The van der Waals surface area contributed by atoms with Crippen LogP contribution in [0.15, 0.2) is 42.6 Å². The molecule has 0 bridgehead atoms. The number of benzene rings is 1. The molecule has 0 atom stereocenters. The van der Waals surface area contributed by atoms with E-state index in [9.17, 15) is 13.6 Å². The van der Waals surface area contributed by atoms with Gasteiger partial charge in [-0.05, 0) is 49.4 Å². The van der Waals surface area contributed by atoms with Crippen molar-refractivity contribution in [1.29, 1.82) is 5.26 Å². The summed E-state index contributed by atoms with van der Waals surface area (Å²) in [6.07, 6.45) is 4.75. The SMILES string of the molecule is N#Cc1ccnc(OC2CCC(C(=O)Cc3ccc(OC(F)F)cc3)CC2)c1. The molecule has 5 nitrogen and oxygen atoms in total. The number of hydrogen-bond donors (Lipinski definition) is 0. The van der Waals surface area contributed by atoms with Gasteiger partial charge in [0.25, 0.3) is 0 Å². The second-order valence-electron chi connectivity index (χ2n) is 6.75. The van der Waals surface area contributed by atoms with Gasteiger partial charge < -0.3 is 9.47 Å². The van der Waals surface area contributed by atoms with Gasteiger partial charge in [-0.3, -0.25) is 4.79 Å². The summed E-state index contributed by atoms with van der Waals surface area (Å²) in [4.78, 5) is 16.7. The molecule has 1 fully saturated rings.